The van der Waals surface area contributed by atoms with E-state index in [0.29, 0.717) is 11.3 Å². The quantitative estimate of drug-likeness (QED) is 0.415. The van der Waals surface area contributed by atoms with Gasteiger partial charge in [0.05, 0.1) is 0 Å². The van der Waals surface area contributed by atoms with E-state index in [1.807, 2.05) is 0 Å². The summed E-state index contributed by atoms with van der Waals surface area (Å²) in [6.45, 7) is 14.0. The van der Waals surface area contributed by atoms with Crippen molar-refractivity contribution in [2.75, 3.05) is 0 Å². The maximum Gasteiger partial charge on any atom is -0.00228 e. The number of hydrogen-bond acceptors (Lipinski definition) is 0. The molecule has 0 spiro atoms. The molecule has 0 saturated heterocycles. The fraction of sp³-hybridized carbons (Fsp3) is 0.467. The second-order valence-electron chi connectivity index (χ2n) is 9.71. The third kappa shape index (κ3) is 5.34. The van der Waals surface area contributed by atoms with Gasteiger partial charge >= 0.3 is 0 Å². The van der Waals surface area contributed by atoms with E-state index in [9.17, 15) is 0 Å². The minimum absolute atomic E-state index is 0.448. The lowest BCUT2D eigenvalue weighted by atomic mass is 9.65. The highest BCUT2D eigenvalue weighted by molar-refractivity contribution is 5.75. The zero-order chi connectivity index (χ0) is 21.6. The summed E-state index contributed by atoms with van der Waals surface area (Å²) in [5, 5.41) is 0. The molecule has 1 saturated carbocycles. The predicted octanol–water partition coefficient (Wildman–Crippen LogP) is 8.90. The molecule has 3 rings (SSSR count). The van der Waals surface area contributed by atoms with Crippen LogP contribution in [0.1, 0.15) is 88.5 Å². The smallest absolute Gasteiger partial charge is 0.00228 e. The van der Waals surface area contributed by atoms with Gasteiger partial charge in [0.25, 0.3) is 0 Å². The van der Waals surface area contributed by atoms with E-state index in [2.05, 4.69) is 88.9 Å². The van der Waals surface area contributed by atoms with Crippen LogP contribution in [-0.2, 0) is 12.8 Å². The summed E-state index contributed by atoms with van der Waals surface area (Å²) >= 11 is 0. The van der Waals surface area contributed by atoms with Gasteiger partial charge in [-0.05, 0) is 71.8 Å². The van der Waals surface area contributed by atoms with Crippen molar-refractivity contribution in [3.8, 4) is 0 Å². The lowest BCUT2D eigenvalue weighted by Crippen LogP contribution is -2.28. The van der Waals surface area contributed by atoms with E-state index >= 15 is 0 Å². The molecule has 0 bridgehead atoms. The van der Waals surface area contributed by atoms with Crippen LogP contribution < -0.4 is 0 Å². The average molecular weight is 401 g/mol. The molecule has 30 heavy (non-hydrogen) atoms. The van der Waals surface area contributed by atoms with Gasteiger partial charge < -0.3 is 0 Å². The fourth-order valence-electron chi connectivity index (χ4n) is 5.23. The van der Waals surface area contributed by atoms with Gasteiger partial charge in [-0.1, -0.05) is 113 Å². The molecule has 0 radical (unpaired) electrons. The molecule has 0 heteroatoms. The van der Waals surface area contributed by atoms with Crippen LogP contribution in [0, 0.1) is 11.3 Å². The van der Waals surface area contributed by atoms with Gasteiger partial charge in [0, 0.05) is 0 Å². The molecule has 0 amide bonds. The van der Waals surface area contributed by atoms with Crippen molar-refractivity contribution in [1.29, 1.82) is 0 Å². The minimum atomic E-state index is 0.448. The second kappa shape index (κ2) is 10.3. The molecule has 1 atom stereocenters. The van der Waals surface area contributed by atoms with Gasteiger partial charge in [0.1, 0.15) is 0 Å². The van der Waals surface area contributed by atoms with Gasteiger partial charge in [-0.15, -0.1) is 0 Å². The SMILES string of the molecule is C=C(Cc1ccccc1CCC)c1ccccc1/C=C(\C)C(C)C1(C)CCCCC1. The van der Waals surface area contributed by atoms with E-state index in [4.69, 9.17) is 0 Å². The van der Waals surface area contributed by atoms with Crippen molar-refractivity contribution in [3.05, 3.63) is 82.9 Å². The van der Waals surface area contributed by atoms with E-state index in [1.54, 1.807) is 0 Å². The van der Waals surface area contributed by atoms with E-state index < -0.39 is 0 Å². The van der Waals surface area contributed by atoms with Crippen molar-refractivity contribution in [2.24, 2.45) is 11.3 Å². The molecule has 2 aromatic carbocycles. The topological polar surface area (TPSA) is 0 Å². The highest BCUT2D eigenvalue weighted by atomic mass is 14.4. The molecule has 0 heterocycles. The van der Waals surface area contributed by atoms with E-state index in [1.165, 1.54) is 71.9 Å². The summed E-state index contributed by atoms with van der Waals surface area (Å²) in [6, 6.07) is 17.7. The fourth-order valence-corrected chi connectivity index (χ4v) is 5.23. The first kappa shape index (κ1) is 22.6. The highest BCUT2D eigenvalue weighted by Crippen LogP contribution is 2.45. The highest BCUT2D eigenvalue weighted by Gasteiger charge is 2.33. The first-order chi connectivity index (χ1) is 14.4. The van der Waals surface area contributed by atoms with E-state index in [-0.39, 0.29) is 0 Å². The van der Waals surface area contributed by atoms with Crippen LogP contribution in [0.4, 0.5) is 0 Å². The summed E-state index contributed by atoms with van der Waals surface area (Å²) in [5.74, 6) is 0.615. The van der Waals surface area contributed by atoms with Crippen molar-refractivity contribution < 1.29 is 0 Å². The van der Waals surface area contributed by atoms with Crippen LogP contribution >= 0.6 is 0 Å². The first-order valence-electron chi connectivity index (χ1n) is 12.0. The molecule has 0 aliphatic heterocycles. The van der Waals surface area contributed by atoms with Crippen molar-refractivity contribution in [2.45, 2.75) is 79.1 Å². The molecule has 2 aromatic rings. The summed E-state index contributed by atoms with van der Waals surface area (Å²) in [5.41, 5.74) is 8.67. The minimum Gasteiger partial charge on any atom is -0.0949 e. The Morgan fingerprint density at radius 1 is 1.00 bits per heavy atom. The summed E-state index contributed by atoms with van der Waals surface area (Å²) in [6.07, 6.45) is 12.6. The van der Waals surface area contributed by atoms with Crippen LogP contribution in [0.15, 0.2) is 60.7 Å². The van der Waals surface area contributed by atoms with Crippen LogP contribution in [0.2, 0.25) is 0 Å². The van der Waals surface area contributed by atoms with E-state index in [0.717, 1.165) is 12.8 Å². The van der Waals surface area contributed by atoms with Gasteiger partial charge in [-0.3, -0.25) is 0 Å². The number of hydrogen-bond donors (Lipinski definition) is 0. The number of aryl methyl sites for hydroxylation is 1. The average Bonchev–Trinajstić information content (AvgIpc) is 2.75. The molecule has 0 nitrogen and oxygen atoms in total. The van der Waals surface area contributed by atoms with Gasteiger partial charge in [-0.2, -0.15) is 0 Å². The normalized spacial score (nSPS) is 17.5. The third-order valence-electron chi connectivity index (χ3n) is 7.49. The van der Waals surface area contributed by atoms with Crippen molar-refractivity contribution in [3.63, 3.8) is 0 Å². The maximum absolute atomic E-state index is 4.51. The summed E-state index contributed by atoms with van der Waals surface area (Å²) in [4.78, 5) is 0. The Kier molecular flexibility index (Phi) is 7.75. The van der Waals surface area contributed by atoms with Gasteiger partial charge in [0.2, 0.25) is 0 Å². The van der Waals surface area contributed by atoms with Crippen LogP contribution in [0.25, 0.3) is 11.6 Å². The largest absolute Gasteiger partial charge is 0.0949 e. The van der Waals surface area contributed by atoms with Crippen molar-refractivity contribution in [1.82, 2.24) is 0 Å². The molecular weight excluding hydrogens is 360 g/mol. The Balaban J connectivity index is 1.83. The first-order valence-corrected chi connectivity index (χ1v) is 12.0. The van der Waals surface area contributed by atoms with Crippen molar-refractivity contribution >= 4 is 11.6 Å². The lowest BCUT2D eigenvalue weighted by molar-refractivity contribution is 0.154. The molecule has 0 N–H and O–H groups in total. The predicted molar refractivity (Wildman–Crippen MR) is 134 cm³/mol. The van der Waals surface area contributed by atoms with Crippen LogP contribution in [0.3, 0.4) is 0 Å². The number of benzene rings is 2. The Hall–Kier alpha value is -2.08. The molecular formula is C30H40. The molecule has 0 aromatic heterocycles. The molecule has 1 fully saturated rings. The Morgan fingerprint density at radius 3 is 2.33 bits per heavy atom. The zero-order valence-corrected chi connectivity index (χ0v) is 19.6. The molecule has 1 aliphatic carbocycles. The van der Waals surface area contributed by atoms with Gasteiger partial charge in [0.15, 0.2) is 0 Å². The van der Waals surface area contributed by atoms with Gasteiger partial charge in [-0.25, -0.2) is 0 Å². The maximum atomic E-state index is 4.51. The Bertz CT molecular complexity index is 876. The standard InChI is InChI=1S/C30H40/c1-6-14-26-15-8-9-16-27(26)22-24(3)29-18-11-10-17-28(29)21-23(2)25(4)30(5)19-12-7-13-20-30/h8-11,15-18,21,25H,3,6-7,12-14,19-20,22H2,1-2,4-5H3/b23-21+. The molecule has 160 valence electrons. The Labute approximate surface area is 185 Å². The summed E-state index contributed by atoms with van der Waals surface area (Å²) in [7, 11) is 0. The number of allylic oxidation sites excluding steroid dienone is 2. The van der Waals surface area contributed by atoms with Crippen LogP contribution in [-0.4, -0.2) is 0 Å². The third-order valence-corrected chi connectivity index (χ3v) is 7.49. The monoisotopic (exact) mass is 400 g/mol. The molecule has 1 unspecified atom stereocenters. The summed E-state index contributed by atoms with van der Waals surface area (Å²) < 4.78 is 0. The molecule has 1 aliphatic rings. The number of rotatable bonds is 8. The second-order valence-corrected chi connectivity index (χ2v) is 9.71. The lowest BCUT2D eigenvalue weighted by Gasteiger charge is -2.40. The Morgan fingerprint density at radius 2 is 1.63 bits per heavy atom. The van der Waals surface area contributed by atoms with Crippen LogP contribution in [0.5, 0.6) is 0 Å². The zero-order valence-electron chi connectivity index (χ0n) is 19.6.